The Kier molecular flexibility index (Phi) is 9.38. The smallest absolute Gasteiger partial charge is 0.331 e. The van der Waals surface area contributed by atoms with Gasteiger partial charge in [-0.25, -0.2) is 9.18 Å². The summed E-state index contributed by atoms with van der Waals surface area (Å²) in [5, 5.41) is 4.46. The molecule has 2 aromatic rings. The Balaban J connectivity index is 1.57. The van der Waals surface area contributed by atoms with Gasteiger partial charge in [-0.2, -0.15) is 17.7 Å². The number of carbonyl (C=O) groups is 3. The average Bonchev–Trinajstić information content (AvgIpc) is 3.65. The maximum atomic E-state index is 14.8. The minimum atomic E-state index is -0.947. The number of halogens is 1. The Labute approximate surface area is 227 Å². The van der Waals surface area contributed by atoms with Crippen LogP contribution < -0.4 is 0 Å². The van der Waals surface area contributed by atoms with Crippen LogP contribution in [0.4, 0.5) is 4.39 Å². The van der Waals surface area contributed by atoms with Gasteiger partial charge < -0.3 is 9.47 Å². The van der Waals surface area contributed by atoms with Crippen molar-refractivity contribution in [3.05, 3.63) is 59.2 Å². The predicted octanol–water partition coefficient (Wildman–Crippen LogP) is 4.19. The molecule has 0 radical (unpaired) electrons. The van der Waals surface area contributed by atoms with Gasteiger partial charge in [0.15, 0.2) is 11.8 Å². The monoisotopic (exact) mass is 543 g/mol. The van der Waals surface area contributed by atoms with Crippen LogP contribution in [0.3, 0.4) is 0 Å². The van der Waals surface area contributed by atoms with E-state index in [-0.39, 0.29) is 42.4 Å². The van der Waals surface area contributed by atoms with E-state index in [4.69, 9.17) is 22.1 Å². The molecule has 1 aliphatic heterocycles. The summed E-state index contributed by atoms with van der Waals surface area (Å²) in [5.74, 6) is -1.41. The molecule has 3 unspecified atom stereocenters. The minimum absolute atomic E-state index is 0.0179. The minimum Gasteiger partial charge on any atom is -0.466 e. The Hall–Kier alpha value is -2.98. The first-order chi connectivity index (χ1) is 18.3. The van der Waals surface area contributed by atoms with Crippen molar-refractivity contribution in [1.29, 1.82) is 0 Å². The molecule has 1 aromatic heterocycles. The maximum absolute atomic E-state index is 14.8. The molecule has 38 heavy (non-hydrogen) atoms. The maximum Gasteiger partial charge on any atom is 0.331 e. The molecule has 1 saturated carbocycles. The normalized spacial score (nSPS) is 20.6. The molecule has 2 aliphatic rings. The number of hydrogen-bond donors (Lipinski definition) is 1. The summed E-state index contributed by atoms with van der Waals surface area (Å²) in [5.41, 5.74) is 1.92. The summed E-state index contributed by atoms with van der Waals surface area (Å²) in [7, 11) is 0. The quantitative estimate of drug-likeness (QED) is 0.336. The van der Waals surface area contributed by atoms with Crippen molar-refractivity contribution in [2.24, 2.45) is 5.92 Å². The number of ketones is 1. The third-order valence-electron chi connectivity index (χ3n) is 6.82. The number of piperidine rings is 1. The fraction of sp³-hybridized carbons (Fsp3) is 0.500. The highest BCUT2D eigenvalue weighted by Gasteiger charge is 2.41. The van der Waals surface area contributed by atoms with Crippen LogP contribution in [-0.2, 0) is 23.9 Å². The van der Waals surface area contributed by atoms with E-state index < -0.39 is 24.0 Å². The molecule has 2 heterocycles. The van der Waals surface area contributed by atoms with Crippen molar-refractivity contribution >= 4 is 36.4 Å². The lowest BCUT2D eigenvalue weighted by Crippen LogP contribution is -2.42. The first kappa shape index (κ1) is 28.0. The summed E-state index contributed by atoms with van der Waals surface area (Å²) < 4.78 is 26.4. The second kappa shape index (κ2) is 12.7. The number of rotatable bonds is 11. The highest BCUT2D eigenvalue weighted by Crippen LogP contribution is 2.39. The third kappa shape index (κ3) is 6.71. The van der Waals surface area contributed by atoms with Crippen molar-refractivity contribution in [3.63, 3.8) is 0 Å². The van der Waals surface area contributed by atoms with Gasteiger partial charge in [0, 0.05) is 36.0 Å². The van der Waals surface area contributed by atoms with Gasteiger partial charge in [0.05, 0.1) is 31.4 Å². The molecule has 3 atom stereocenters. The van der Waals surface area contributed by atoms with Gasteiger partial charge in [-0.15, -0.1) is 0 Å². The second-order valence-electron chi connectivity index (χ2n) is 9.59. The van der Waals surface area contributed by atoms with Gasteiger partial charge in [0.25, 0.3) is 0 Å². The highest BCUT2D eigenvalue weighted by atomic mass is 32.1. The average molecular weight is 544 g/mol. The van der Waals surface area contributed by atoms with E-state index >= 15 is 0 Å². The second-order valence-corrected chi connectivity index (χ2v) is 10.2. The van der Waals surface area contributed by atoms with Crippen LogP contribution in [0, 0.1) is 11.7 Å². The van der Waals surface area contributed by atoms with Crippen molar-refractivity contribution in [1.82, 2.24) is 14.7 Å². The fourth-order valence-electron chi connectivity index (χ4n) is 4.77. The number of nitrogens with zero attached hydrogens (tertiary/aromatic N) is 3. The van der Waals surface area contributed by atoms with Gasteiger partial charge in [-0.05, 0) is 56.9 Å². The summed E-state index contributed by atoms with van der Waals surface area (Å²) in [6.45, 7) is 4.83. The van der Waals surface area contributed by atoms with Crippen molar-refractivity contribution in [2.75, 3.05) is 26.3 Å². The third-order valence-corrected chi connectivity index (χ3v) is 7.41. The Morgan fingerprint density at radius 3 is 2.55 bits per heavy atom. The number of carbonyl (C=O) groups excluding carboxylic acids is 3. The van der Waals surface area contributed by atoms with Crippen LogP contribution in [0.5, 0.6) is 0 Å². The van der Waals surface area contributed by atoms with Crippen molar-refractivity contribution < 1.29 is 28.2 Å². The van der Waals surface area contributed by atoms with Crippen molar-refractivity contribution in [3.8, 4) is 0 Å². The van der Waals surface area contributed by atoms with Gasteiger partial charge in [-0.1, -0.05) is 18.2 Å². The molecular formula is C28H34FN3O5S. The lowest BCUT2D eigenvalue weighted by Gasteiger charge is -2.37. The number of benzene rings is 1. The molecule has 1 aromatic carbocycles. The summed E-state index contributed by atoms with van der Waals surface area (Å²) in [6.07, 6.45) is 5.70. The largest absolute Gasteiger partial charge is 0.466 e. The van der Waals surface area contributed by atoms with E-state index in [9.17, 15) is 18.8 Å². The number of ether oxygens (including phenoxy) is 2. The van der Waals surface area contributed by atoms with E-state index in [0.29, 0.717) is 30.8 Å². The molecule has 1 saturated heterocycles. The lowest BCUT2D eigenvalue weighted by molar-refractivity contribution is -0.154. The van der Waals surface area contributed by atoms with E-state index in [1.807, 2.05) is 11.0 Å². The first-order valence-electron chi connectivity index (χ1n) is 13.1. The predicted molar refractivity (Wildman–Crippen MR) is 143 cm³/mol. The van der Waals surface area contributed by atoms with E-state index in [2.05, 4.69) is 5.10 Å². The van der Waals surface area contributed by atoms with Crippen LogP contribution in [-0.4, -0.2) is 64.0 Å². The summed E-state index contributed by atoms with van der Waals surface area (Å²) >= 11 is 4.76. The standard InChI is InChI=1S/C28H34FN3O5S/c1-3-36-25(33)16-23(28(35)37-4-2)32-14-11-20(30-32)15-19-17-31(13-12-24(19)38)26(27(34)18-9-10-18)21-7-5-6-8-22(21)29/h5-8,11,14-15,18,23-24,26,38H,3-4,9-10,12-13,16-17H2,1-2H3. The number of hydrogen-bond acceptors (Lipinski definition) is 8. The number of esters is 2. The number of likely N-dealkylation sites (tertiary alicyclic amines) is 1. The molecule has 2 fully saturated rings. The molecule has 0 amide bonds. The SMILES string of the molecule is CCOC(=O)CC(C(=O)OCC)n1ccc(C=C2CN(C(C(=O)C3CC3)c3ccccc3F)CCC2S)n1. The molecule has 0 N–H and O–H groups in total. The Morgan fingerprint density at radius 2 is 1.87 bits per heavy atom. The van der Waals surface area contributed by atoms with Crippen LogP contribution >= 0.6 is 12.6 Å². The zero-order valence-corrected chi connectivity index (χ0v) is 22.6. The molecule has 0 spiro atoms. The Morgan fingerprint density at radius 1 is 1.13 bits per heavy atom. The van der Waals surface area contributed by atoms with Crippen LogP contribution in [0.15, 0.2) is 42.1 Å². The Bertz CT molecular complexity index is 1190. The van der Waals surface area contributed by atoms with Gasteiger partial charge in [0.2, 0.25) is 0 Å². The number of thiol groups is 1. The lowest BCUT2D eigenvalue weighted by atomic mass is 9.93. The molecule has 4 rings (SSSR count). The van der Waals surface area contributed by atoms with Gasteiger partial charge in [-0.3, -0.25) is 19.2 Å². The molecule has 1 aliphatic carbocycles. The van der Waals surface area contributed by atoms with Crippen LogP contribution in [0.2, 0.25) is 0 Å². The van der Waals surface area contributed by atoms with Crippen LogP contribution in [0.25, 0.3) is 6.08 Å². The molecular weight excluding hydrogens is 509 g/mol. The molecule has 8 nitrogen and oxygen atoms in total. The first-order valence-corrected chi connectivity index (χ1v) is 13.6. The number of Topliss-reactive ketones (excluding diaryl/α,β-unsaturated/α-hetero) is 1. The van der Waals surface area contributed by atoms with Crippen LogP contribution in [0.1, 0.15) is 62.9 Å². The summed E-state index contributed by atoms with van der Waals surface area (Å²) in [6, 6.07) is 6.63. The zero-order valence-electron chi connectivity index (χ0n) is 21.7. The van der Waals surface area contributed by atoms with Crippen molar-refractivity contribution in [2.45, 2.75) is 56.9 Å². The fourth-order valence-corrected chi connectivity index (χ4v) is 5.04. The van der Waals surface area contributed by atoms with Gasteiger partial charge in [0.1, 0.15) is 5.82 Å². The zero-order chi connectivity index (χ0) is 27.2. The summed E-state index contributed by atoms with van der Waals surface area (Å²) in [4.78, 5) is 40.0. The molecule has 10 heteroatoms. The van der Waals surface area contributed by atoms with E-state index in [1.165, 1.54) is 10.7 Å². The topological polar surface area (TPSA) is 90.7 Å². The molecule has 204 valence electrons. The number of aromatic nitrogens is 2. The molecule has 0 bridgehead atoms. The van der Waals surface area contributed by atoms with Gasteiger partial charge >= 0.3 is 11.9 Å². The van der Waals surface area contributed by atoms with E-state index in [0.717, 1.165) is 18.4 Å². The van der Waals surface area contributed by atoms with E-state index in [1.54, 1.807) is 44.3 Å². The highest BCUT2D eigenvalue weighted by molar-refractivity contribution is 7.81.